The molecule has 0 atom stereocenters. The van der Waals surface area contributed by atoms with Crippen LogP contribution in [0.5, 0.6) is 0 Å². The smallest absolute Gasteiger partial charge is 0.313 e. The van der Waals surface area contributed by atoms with E-state index in [1.165, 1.54) is 11.8 Å². The zero-order valence-corrected chi connectivity index (χ0v) is 13.3. The molecule has 0 saturated heterocycles. The van der Waals surface area contributed by atoms with Gasteiger partial charge in [0.1, 0.15) is 0 Å². The van der Waals surface area contributed by atoms with Gasteiger partial charge in [0, 0.05) is 23.0 Å². The third-order valence-corrected chi connectivity index (χ3v) is 4.62. The number of aromatic nitrogens is 3. The summed E-state index contributed by atoms with van der Waals surface area (Å²) in [5, 5.41) is 10.6. The maximum absolute atomic E-state index is 10.7. The van der Waals surface area contributed by atoms with Gasteiger partial charge in [0.25, 0.3) is 0 Å². The second-order valence-corrected chi connectivity index (χ2v) is 7.00. The van der Waals surface area contributed by atoms with Gasteiger partial charge in [-0.25, -0.2) is 9.97 Å². The molecule has 0 radical (unpaired) electrons. The van der Waals surface area contributed by atoms with Crippen LogP contribution in [0.2, 0.25) is 0 Å². The molecule has 2 aromatic rings. The van der Waals surface area contributed by atoms with E-state index in [-0.39, 0.29) is 5.75 Å². The fraction of sp³-hybridized carbons (Fsp3) is 0.462. The van der Waals surface area contributed by atoms with Crippen LogP contribution in [-0.2, 0) is 11.3 Å². The molecule has 5 nitrogen and oxygen atoms in total. The fourth-order valence-electron chi connectivity index (χ4n) is 1.87. The topological polar surface area (TPSA) is 68.0 Å². The lowest BCUT2D eigenvalue weighted by atomic mass is 10.1. The van der Waals surface area contributed by atoms with Gasteiger partial charge >= 0.3 is 5.97 Å². The Balaban J connectivity index is 2.26. The first-order chi connectivity index (χ1) is 9.47. The number of thiazole rings is 1. The minimum absolute atomic E-state index is 0.0241. The van der Waals surface area contributed by atoms with E-state index in [4.69, 9.17) is 5.11 Å². The van der Waals surface area contributed by atoms with Crippen molar-refractivity contribution in [2.75, 3.05) is 5.75 Å². The first kappa shape index (κ1) is 15.1. The molecule has 0 amide bonds. The van der Waals surface area contributed by atoms with Gasteiger partial charge in [0.2, 0.25) is 0 Å². The van der Waals surface area contributed by atoms with Gasteiger partial charge < -0.3 is 9.67 Å². The first-order valence-electron chi connectivity index (χ1n) is 6.28. The number of thioether (sulfide) groups is 1. The van der Waals surface area contributed by atoms with E-state index in [1.807, 2.05) is 19.3 Å². The molecule has 20 heavy (non-hydrogen) atoms. The normalized spacial score (nSPS) is 11.2. The van der Waals surface area contributed by atoms with E-state index in [0.29, 0.717) is 12.5 Å². The number of aryl methyl sites for hydroxylation is 1. The van der Waals surface area contributed by atoms with Crippen LogP contribution < -0.4 is 0 Å². The monoisotopic (exact) mass is 311 g/mol. The molecule has 2 rings (SSSR count). The van der Waals surface area contributed by atoms with Crippen LogP contribution in [0.1, 0.15) is 35.3 Å². The predicted molar refractivity (Wildman–Crippen MR) is 80.6 cm³/mol. The summed E-state index contributed by atoms with van der Waals surface area (Å²) in [5.41, 5.74) is 1.11. The van der Waals surface area contributed by atoms with Crippen molar-refractivity contribution < 1.29 is 9.90 Å². The molecular formula is C13H17N3O2S2. The third kappa shape index (κ3) is 3.61. The van der Waals surface area contributed by atoms with E-state index in [1.54, 1.807) is 11.3 Å². The van der Waals surface area contributed by atoms with Crippen LogP contribution in [0.4, 0.5) is 0 Å². The quantitative estimate of drug-likeness (QED) is 0.831. The molecule has 0 aliphatic heterocycles. The Labute approximate surface area is 126 Å². The van der Waals surface area contributed by atoms with Gasteiger partial charge in [-0.3, -0.25) is 4.79 Å². The summed E-state index contributed by atoms with van der Waals surface area (Å²) in [5.74, 6) is -0.462. The highest BCUT2D eigenvalue weighted by atomic mass is 32.2. The number of carbonyl (C=O) groups is 1. The Morgan fingerprint density at radius 1 is 1.45 bits per heavy atom. The second kappa shape index (κ2) is 6.41. The highest BCUT2D eigenvalue weighted by Gasteiger charge is 2.15. The van der Waals surface area contributed by atoms with Crippen LogP contribution in [0.25, 0.3) is 0 Å². The minimum atomic E-state index is -0.829. The molecule has 108 valence electrons. The van der Waals surface area contributed by atoms with Gasteiger partial charge in [0.05, 0.1) is 17.3 Å². The Morgan fingerprint density at radius 2 is 2.20 bits per heavy atom. The van der Waals surface area contributed by atoms with Crippen molar-refractivity contribution in [2.24, 2.45) is 0 Å². The number of carboxylic acids is 1. The van der Waals surface area contributed by atoms with Gasteiger partial charge in [0.15, 0.2) is 5.16 Å². The molecule has 0 aromatic carbocycles. The molecule has 0 unspecified atom stereocenters. The van der Waals surface area contributed by atoms with Gasteiger partial charge in [-0.2, -0.15) is 0 Å². The van der Waals surface area contributed by atoms with Crippen LogP contribution in [0.3, 0.4) is 0 Å². The van der Waals surface area contributed by atoms with E-state index >= 15 is 0 Å². The molecule has 0 bridgehead atoms. The Bertz CT molecular complexity index is 605. The van der Waals surface area contributed by atoms with E-state index < -0.39 is 5.97 Å². The van der Waals surface area contributed by atoms with Crippen molar-refractivity contribution in [1.82, 2.24) is 14.5 Å². The van der Waals surface area contributed by atoms with E-state index in [2.05, 4.69) is 28.4 Å². The molecule has 2 aromatic heterocycles. The molecule has 2 heterocycles. The average molecular weight is 311 g/mol. The zero-order valence-electron chi connectivity index (χ0n) is 11.7. The number of carboxylic acid groups (broad SMARTS) is 1. The van der Waals surface area contributed by atoms with Crippen LogP contribution in [-0.4, -0.2) is 31.4 Å². The van der Waals surface area contributed by atoms with Crippen molar-refractivity contribution in [3.63, 3.8) is 0 Å². The Hall–Kier alpha value is -1.34. The van der Waals surface area contributed by atoms with Gasteiger partial charge in [-0.05, 0) is 12.8 Å². The van der Waals surface area contributed by atoms with Gasteiger partial charge in [-0.1, -0.05) is 25.6 Å². The summed E-state index contributed by atoms with van der Waals surface area (Å²) in [6.45, 7) is 6.89. The predicted octanol–water partition coefficient (Wildman–Crippen LogP) is 3.00. The first-order valence-corrected chi connectivity index (χ1v) is 8.09. The summed E-state index contributed by atoms with van der Waals surface area (Å²) in [4.78, 5) is 20.5. The molecule has 0 spiro atoms. The fourth-order valence-corrected chi connectivity index (χ4v) is 3.36. The van der Waals surface area contributed by atoms with Crippen molar-refractivity contribution in [1.29, 1.82) is 0 Å². The molecule has 0 fully saturated rings. The minimum Gasteiger partial charge on any atom is -0.481 e. The molecule has 0 aliphatic carbocycles. The maximum Gasteiger partial charge on any atom is 0.313 e. The molecule has 0 saturated carbocycles. The van der Waals surface area contributed by atoms with Crippen molar-refractivity contribution in [3.8, 4) is 0 Å². The van der Waals surface area contributed by atoms with E-state index in [0.717, 1.165) is 20.7 Å². The average Bonchev–Trinajstić information content (AvgIpc) is 2.94. The number of hydrogen-bond donors (Lipinski definition) is 1. The summed E-state index contributed by atoms with van der Waals surface area (Å²) in [7, 11) is 0. The van der Waals surface area contributed by atoms with Crippen LogP contribution in [0.15, 0.2) is 17.6 Å². The summed E-state index contributed by atoms with van der Waals surface area (Å²) >= 11 is 2.91. The number of hydrogen-bond acceptors (Lipinski definition) is 5. The summed E-state index contributed by atoms with van der Waals surface area (Å²) in [6.07, 6.45) is 3.71. The molecule has 0 aliphatic rings. The largest absolute Gasteiger partial charge is 0.481 e. The number of aliphatic carboxylic acids is 1. The SMILES string of the molecule is Cc1ncc(Cn2c(C(C)C)cnc2SCC(=O)O)s1. The van der Waals surface area contributed by atoms with Crippen molar-refractivity contribution in [3.05, 3.63) is 28.0 Å². The number of rotatable bonds is 6. The molecule has 7 heteroatoms. The molecular weight excluding hydrogens is 294 g/mol. The van der Waals surface area contributed by atoms with Crippen molar-refractivity contribution in [2.45, 2.75) is 38.4 Å². The third-order valence-electron chi connectivity index (χ3n) is 2.75. The van der Waals surface area contributed by atoms with Gasteiger partial charge in [-0.15, -0.1) is 11.3 Å². The standard InChI is InChI=1S/C13H17N3O2S2/c1-8(2)11-5-15-13(19-7-12(17)18)16(11)6-10-4-14-9(3)20-10/h4-5,8H,6-7H2,1-3H3,(H,17,18). The summed E-state index contributed by atoms with van der Waals surface area (Å²) < 4.78 is 2.09. The number of imidazole rings is 1. The Kier molecular flexibility index (Phi) is 4.82. The van der Waals surface area contributed by atoms with E-state index in [9.17, 15) is 4.79 Å². The Morgan fingerprint density at radius 3 is 2.75 bits per heavy atom. The van der Waals surface area contributed by atoms with Crippen LogP contribution in [0, 0.1) is 6.92 Å². The summed E-state index contributed by atoms with van der Waals surface area (Å²) in [6, 6.07) is 0. The number of nitrogens with zero attached hydrogens (tertiary/aromatic N) is 3. The zero-order chi connectivity index (χ0) is 14.7. The lowest BCUT2D eigenvalue weighted by molar-refractivity contribution is -0.133. The highest BCUT2D eigenvalue weighted by Crippen LogP contribution is 2.25. The lowest BCUT2D eigenvalue weighted by Gasteiger charge is -2.12. The highest BCUT2D eigenvalue weighted by molar-refractivity contribution is 7.99. The lowest BCUT2D eigenvalue weighted by Crippen LogP contribution is -2.07. The van der Waals surface area contributed by atoms with Crippen LogP contribution >= 0.6 is 23.1 Å². The maximum atomic E-state index is 10.7. The second-order valence-electron chi connectivity index (χ2n) is 4.73. The molecule has 1 N–H and O–H groups in total. The van der Waals surface area contributed by atoms with Crippen molar-refractivity contribution >= 4 is 29.1 Å².